The number of rotatable bonds is 1. The Kier molecular flexibility index (Phi) is 1.99. The van der Waals surface area contributed by atoms with E-state index in [0.29, 0.717) is 11.5 Å². The topological polar surface area (TPSA) is 60.2 Å². The average molecular weight is 190 g/mol. The summed E-state index contributed by atoms with van der Waals surface area (Å²) in [5.74, 6) is 0.857. The van der Waals surface area contributed by atoms with Crippen LogP contribution in [0.25, 0.3) is 5.65 Å². The summed E-state index contributed by atoms with van der Waals surface area (Å²) in [6.07, 6.45) is 2.92. The van der Waals surface area contributed by atoms with Gasteiger partial charge in [0.05, 0.1) is 0 Å². The maximum Gasteiger partial charge on any atom is 0.354 e. The molecule has 0 saturated carbocycles. The molecule has 0 bridgehead atoms. The first kappa shape index (κ1) is 8.80. The molecule has 0 N–H and O–H groups in total. The first-order valence-corrected chi connectivity index (χ1v) is 4.39. The van der Waals surface area contributed by atoms with Gasteiger partial charge in [-0.05, 0) is 0 Å². The van der Waals surface area contributed by atoms with Crippen molar-refractivity contribution in [3.8, 4) is 0 Å². The molecule has 0 saturated heterocycles. The maximum atomic E-state index is 11.5. The Morgan fingerprint density at radius 3 is 2.79 bits per heavy atom. The van der Waals surface area contributed by atoms with Crippen molar-refractivity contribution < 1.29 is 0 Å². The predicted molar refractivity (Wildman–Crippen MR) is 51.1 cm³/mol. The zero-order valence-electron chi connectivity index (χ0n) is 8.01. The summed E-state index contributed by atoms with van der Waals surface area (Å²) in [5.41, 5.74) is 0.260. The lowest BCUT2D eigenvalue weighted by Gasteiger charge is -2.07. The minimum absolute atomic E-state index is 0.169. The third-order valence-corrected chi connectivity index (χ3v) is 1.95. The molecule has 2 aromatic heterocycles. The lowest BCUT2D eigenvalue weighted by Crippen LogP contribution is -2.21. The van der Waals surface area contributed by atoms with Gasteiger partial charge in [-0.15, -0.1) is 0 Å². The molecule has 2 aromatic rings. The van der Waals surface area contributed by atoms with E-state index in [4.69, 9.17) is 0 Å². The molecule has 0 aromatic carbocycles. The largest absolute Gasteiger partial charge is 0.354 e. The Hall–Kier alpha value is -1.78. The van der Waals surface area contributed by atoms with E-state index in [0.717, 1.165) is 0 Å². The highest BCUT2D eigenvalue weighted by Crippen LogP contribution is 2.09. The number of nitrogens with zero attached hydrogens (tertiary/aromatic N) is 4. The van der Waals surface area contributed by atoms with Crippen molar-refractivity contribution in [3.63, 3.8) is 0 Å². The van der Waals surface area contributed by atoms with Gasteiger partial charge >= 0.3 is 5.69 Å². The van der Waals surface area contributed by atoms with Gasteiger partial charge in [-0.2, -0.15) is 0 Å². The third-order valence-electron chi connectivity index (χ3n) is 1.95. The van der Waals surface area contributed by atoms with Gasteiger partial charge in [-0.3, -0.25) is 0 Å². The second-order valence-electron chi connectivity index (χ2n) is 3.31. The monoisotopic (exact) mass is 190 g/mol. The van der Waals surface area contributed by atoms with Crippen molar-refractivity contribution in [3.05, 3.63) is 34.9 Å². The zero-order valence-corrected chi connectivity index (χ0v) is 8.01. The van der Waals surface area contributed by atoms with Crippen LogP contribution in [0.3, 0.4) is 0 Å². The Balaban J connectivity index is 2.91. The number of hydrogen-bond donors (Lipinski definition) is 0. The van der Waals surface area contributed by atoms with Crippen LogP contribution in [-0.4, -0.2) is 19.4 Å². The molecule has 0 fully saturated rings. The highest BCUT2D eigenvalue weighted by atomic mass is 16.1. The van der Waals surface area contributed by atoms with Crippen LogP contribution in [-0.2, 0) is 0 Å². The van der Waals surface area contributed by atoms with Crippen molar-refractivity contribution in [2.75, 3.05) is 0 Å². The quantitative estimate of drug-likeness (QED) is 0.661. The van der Waals surface area contributed by atoms with Crippen molar-refractivity contribution >= 4 is 5.65 Å². The predicted octanol–water partition coefficient (Wildman–Crippen LogP) is 0.608. The normalized spacial score (nSPS) is 11.1. The average Bonchev–Trinajstić information content (AvgIpc) is 2.17. The van der Waals surface area contributed by atoms with E-state index in [1.807, 2.05) is 13.8 Å². The highest BCUT2D eigenvalue weighted by Gasteiger charge is 2.08. The van der Waals surface area contributed by atoms with Crippen LogP contribution in [0.2, 0.25) is 0 Å². The first-order valence-electron chi connectivity index (χ1n) is 4.39. The van der Waals surface area contributed by atoms with Crippen molar-refractivity contribution in [2.45, 2.75) is 19.8 Å². The Morgan fingerprint density at radius 2 is 2.07 bits per heavy atom. The van der Waals surface area contributed by atoms with Crippen molar-refractivity contribution in [2.24, 2.45) is 0 Å². The molecule has 2 heterocycles. The van der Waals surface area contributed by atoms with E-state index in [9.17, 15) is 4.79 Å². The zero-order chi connectivity index (χ0) is 10.1. The van der Waals surface area contributed by atoms with E-state index < -0.39 is 0 Å². The fraction of sp³-hybridized carbons (Fsp3) is 0.333. The second kappa shape index (κ2) is 3.17. The van der Waals surface area contributed by atoms with Crippen LogP contribution in [0.4, 0.5) is 0 Å². The maximum absolute atomic E-state index is 11.5. The second-order valence-corrected chi connectivity index (χ2v) is 3.31. The van der Waals surface area contributed by atoms with Crippen LogP contribution < -0.4 is 5.69 Å². The van der Waals surface area contributed by atoms with E-state index in [2.05, 4.69) is 15.0 Å². The molecule has 14 heavy (non-hydrogen) atoms. The first-order chi connectivity index (χ1) is 6.70. The SMILES string of the molecule is CC(C)c1ncnc2ccnc(=O)n12. The summed E-state index contributed by atoms with van der Waals surface area (Å²) >= 11 is 0. The van der Waals surface area contributed by atoms with Crippen LogP contribution >= 0.6 is 0 Å². The minimum Gasteiger partial charge on any atom is -0.245 e. The van der Waals surface area contributed by atoms with Gasteiger partial charge in [0.25, 0.3) is 0 Å². The van der Waals surface area contributed by atoms with Gasteiger partial charge in [0.15, 0.2) is 0 Å². The molecule has 0 aliphatic rings. The third kappa shape index (κ3) is 1.26. The van der Waals surface area contributed by atoms with Crippen LogP contribution in [0.5, 0.6) is 0 Å². The Bertz CT molecular complexity index is 512. The number of fused-ring (bicyclic) bond motifs is 1. The van der Waals surface area contributed by atoms with E-state index >= 15 is 0 Å². The smallest absolute Gasteiger partial charge is 0.245 e. The van der Waals surface area contributed by atoms with Gasteiger partial charge < -0.3 is 0 Å². The molecule has 0 aliphatic heterocycles. The minimum atomic E-state index is -0.327. The fourth-order valence-corrected chi connectivity index (χ4v) is 1.33. The summed E-state index contributed by atoms with van der Waals surface area (Å²) in [4.78, 5) is 23.2. The van der Waals surface area contributed by atoms with Crippen LogP contribution in [0, 0.1) is 0 Å². The standard InChI is InChI=1S/C9H10N4O/c1-6(2)8-12-5-11-7-3-4-10-9(14)13(7)8/h3-6H,1-2H3. The molecule has 5 heteroatoms. The Morgan fingerprint density at radius 1 is 1.29 bits per heavy atom. The highest BCUT2D eigenvalue weighted by molar-refractivity contribution is 5.35. The number of hydrogen-bond acceptors (Lipinski definition) is 4. The summed E-state index contributed by atoms with van der Waals surface area (Å²) in [6, 6.07) is 1.69. The molecule has 5 nitrogen and oxygen atoms in total. The molecule has 0 aliphatic carbocycles. The van der Waals surface area contributed by atoms with E-state index in [1.165, 1.54) is 16.9 Å². The molecule has 0 amide bonds. The molecule has 0 unspecified atom stereocenters. The van der Waals surface area contributed by atoms with Gasteiger partial charge in [0, 0.05) is 18.2 Å². The Labute approximate surface area is 80.5 Å². The van der Waals surface area contributed by atoms with Crippen molar-refractivity contribution in [1.29, 1.82) is 0 Å². The van der Waals surface area contributed by atoms with Crippen molar-refractivity contribution in [1.82, 2.24) is 19.4 Å². The van der Waals surface area contributed by atoms with E-state index in [-0.39, 0.29) is 11.6 Å². The lowest BCUT2D eigenvalue weighted by molar-refractivity contribution is 0.718. The van der Waals surface area contributed by atoms with Gasteiger partial charge in [-0.1, -0.05) is 13.8 Å². The molecular weight excluding hydrogens is 180 g/mol. The molecule has 0 spiro atoms. The molecule has 72 valence electrons. The molecule has 2 rings (SSSR count). The molecule has 0 radical (unpaired) electrons. The van der Waals surface area contributed by atoms with Gasteiger partial charge in [0.2, 0.25) is 0 Å². The summed E-state index contributed by atoms with van der Waals surface area (Å²) in [7, 11) is 0. The van der Waals surface area contributed by atoms with Crippen LogP contribution in [0.15, 0.2) is 23.4 Å². The lowest BCUT2D eigenvalue weighted by atomic mass is 10.2. The summed E-state index contributed by atoms with van der Waals surface area (Å²) in [6.45, 7) is 3.95. The number of aromatic nitrogens is 4. The molecular formula is C9H10N4O. The molecule has 0 atom stereocenters. The fourth-order valence-electron chi connectivity index (χ4n) is 1.33. The van der Waals surface area contributed by atoms with Crippen LogP contribution in [0.1, 0.15) is 25.6 Å². The van der Waals surface area contributed by atoms with E-state index in [1.54, 1.807) is 6.07 Å². The summed E-state index contributed by atoms with van der Waals surface area (Å²) < 4.78 is 1.44. The summed E-state index contributed by atoms with van der Waals surface area (Å²) in [5, 5.41) is 0. The van der Waals surface area contributed by atoms with Gasteiger partial charge in [-0.25, -0.2) is 24.1 Å². The van der Waals surface area contributed by atoms with Gasteiger partial charge in [0.1, 0.15) is 17.8 Å².